The van der Waals surface area contributed by atoms with Crippen LogP contribution in [0.2, 0.25) is 0 Å². The number of nitrogens with two attached hydrogens (primary N) is 1. The summed E-state index contributed by atoms with van der Waals surface area (Å²) in [6, 6.07) is 8.53. The first-order chi connectivity index (χ1) is 11.5. The summed E-state index contributed by atoms with van der Waals surface area (Å²) in [7, 11) is 0. The number of hydrogen-bond donors (Lipinski definition) is 3. The van der Waals surface area contributed by atoms with Crippen LogP contribution in [0.3, 0.4) is 0 Å². The molecule has 3 heterocycles. The van der Waals surface area contributed by atoms with E-state index >= 15 is 0 Å². The molecule has 7 nitrogen and oxygen atoms in total. The van der Waals surface area contributed by atoms with Gasteiger partial charge in [-0.1, -0.05) is 0 Å². The summed E-state index contributed by atoms with van der Waals surface area (Å²) < 4.78 is 0. The minimum Gasteiger partial charge on any atom is -0.508 e. The number of aryl methyl sites for hydroxylation is 1. The number of benzene rings is 1. The van der Waals surface area contributed by atoms with Gasteiger partial charge < -0.3 is 15.7 Å². The van der Waals surface area contributed by atoms with Crippen LogP contribution in [0.5, 0.6) is 5.75 Å². The lowest BCUT2D eigenvalue weighted by molar-refractivity contribution is 0.0610. The van der Waals surface area contributed by atoms with Crippen LogP contribution in [0, 0.1) is 6.92 Å². The third-order valence-electron chi connectivity index (χ3n) is 4.30. The molecule has 122 valence electrons. The van der Waals surface area contributed by atoms with Crippen LogP contribution in [-0.4, -0.2) is 50.2 Å². The molecule has 4 N–H and O–H groups in total. The first kappa shape index (κ1) is 14.6. The minimum atomic E-state index is -0.0615. The number of amides is 1. The Morgan fingerprint density at radius 2 is 2.04 bits per heavy atom. The summed E-state index contributed by atoms with van der Waals surface area (Å²) in [6.45, 7) is 3.00. The van der Waals surface area contributed by atoms with E-state index in [2.05, 4.69) is 15.2 Å². The third-order valence-corrected chi connectivity index (χ3v) is 4.30. The van der Waals surface area contributed by atoms with Gasteiger partial charge in [0.05, 0.1) is 16.6 Å². The number of nitrogens with one attached hydrogen (secondary N) is 1. The van der Waals surface area contributed by atoms with Gasteiger partial charge in [-0.05, 0) is 37.3 Å². The highest BCUT2D eigenvalue weighted by atomic mass is 16.3. The molecule has 1 aliphatic rings. The van der Waals surface area contributed by atoms with Crippen molar-refractivity contribution in [2.75, 3.05) is 13.1 Å². The molecular formula is C17H17N5O2. The summed E-state index contributed by atoms with van der Waals surface area (Å²) in [5.74, 6) is 0.120. The van der Waals surface area contributed by atoms with Crippen LogP contribution in [0.25, 0.3) is 22.3 Å². The highest BCUT2D eigenvalue weighted by molar-refractivity contribution is 6.07. The molecule has 7 heteroatoms. The standard InChI is InChI=1S/C17H17N5O2/c1-9-15-13(17(24)22-7-11(18)8-22)6-14(19-16(15)21-20-9)10-2-4-12(23)5-3-10/h2-6,11,23H,7-8,18H2,1H3,(H,19,20,21). The second kappa shape index (κ2) is 5.31. The molecule has 0 aliphatic carbocycles. The van der Waals surface area contributed by atoms with Gasteiger partial charge in [0, 0.05) is 30.4 Å². The Balaban J connectivity index is 1.85. The Hall–Kier alpha value is -2.93. The van der Waals surface area contributed by atoms with Gasteiger partial charge in [0.15, 0.2) is 5.65 Å². The number of nitrogens with zero attached hydrogens (tertiary/aromatic N) is 3. The maximum absolute atomic E-state index is 12.8. The van der Waals surface area contributed by atoms with Gasteiger partial charge >= 0.3 is 0 Å². The highest BCUT2D eigenvalue weighted by Gasteiger charge is 2.30. The number of phenols is 1. The number of aromatic amines is 1. The molecule has 1 amide bonds. The Morgan fingerprint density at radius 1 is 1.33 bits per heavy atom. The quantitative estimate of drug-likeness (QED) is 0.661. The maximum atomic E-state index is 12.8. The SMILES string of the molecule is Cc1[nH]nc2nc(-c3ccc(O)cc3)cc(C(=O)N3CC(N)C3)c12. The fraction of sp³-hybridized carbons (Fsp3) is 0.235. The van der Waals surface area contributed by atoms with Gasteiger partial charge in [-0.25, -0.2) is 4.98 Å². The van der Waals surface area contributed by atoms with Gasteiger partial charge in [-0.3, -0.25) is 9.89 Å². The summed E-state index contributed by atoms with van der Waals surface area (Å²) in [5.41, 5.74) is 9.13. The largest absolute Gasteiger partial charge is 0.508 e. The molecule has 0 atom stereocenters. The predicted molar refractivity (Wildman–Crippen MR) is 89.6 cm³/mol. The van der Waals surface area contributed by atoms with Gasteiger partial charge in [0.1, 0.15) is 5.75 Å². The number of carbonyl (C=O) groups is 1. The molecule has 24 heavy (non-hydrogen) atoms. The molecule has 1 aromatic carbocycles. The van der Waals surface area contributed by atoms with Crippen molar-refractivity contribution in [1.82, 2.24) is 20.1 Å². The van der Waals surface area contributed by atoms with Crippen LogP contribution in [0.15, 0.2) is 30.3 Å². The van der Waals surface area contributed by atoms with Gasteiger partial charge in [0.25, 0.3) is 5.91 Å². The van der Waals surface area contributed by atoms with E-state index in [1.165, 1.54) is 0 Å². The number of aromatic hydroxyl groups is 1. The second-order valence-corrected chi connectivity index (χ2v) is 6.12. The molecule has 1 fully saturated rings. The van der Waals surface area contributed by atoms with E-state index in [4.69, 9.17) is 5.73 Å². The maximum Gasteiger partial charge on any atom is 0.254 e. The van der Waals surface area contributed by atoms with Gasteiger partial charge in [0.2, 0.25) is 0 Å². The Morgan fingerprint density at radius 3 is 2.71 bits per heavy atom. The lowest BCUT2D eigenvalue weighted by Gasteiger charge is -2.37. The van der Waals surface area contributed by atoms with E-state index in [0.29, 0.717) is 30.0 Å². The van der Waals surface area contributed by atoms with Crippen LogP contribution in [0.1, 0.15) is 16.1 Å². The van der Waals surface area contributed by atoms with E-state index in [9.17, 15) is 9.90 Å². The number of phenolic OH excluding ortho intramolecular Hbond substituents is 1. The summed E-state index contributed by atoms with van der Waals surface area (Å²) >= 11 is 0. The zero-order valence-electron chi connectivity index (χ0n) is 13.2. The van der Waals surface area contributed by atoms with Crippen LogP contribution < -0.4 is 5.73 Å². The minimum absolute atomic E-state index is 0.0493. The van der Waals surface area contributed by atoms with E-state index in [1.54, 1.807) is 35.2 Å². The highest BCUT2D eigenvalue weighted by Crippen LogP contribution is 2.28. The lowest BCUT2D eigenvalue weighted by atomic mass is 10.0. The molecule has 0 bridgehead atoms. The van der Waals surface area contributed by atoms with E-state index in [1.807, 2.05) is 6.92 Å². The first-order valence-corrected chi connectivity index (χ1v) is 7.73. The van der Waals surface area contributed by atoms with Crippen molar-refractivity contribution in [3.8, 4) is 17.0 Å². The number of rotatable bonds is 2. The number of H-pyrrole nitrogens is 1. The molecule has 0 saturated carbocycles. The zero-order valence-corrected chi connectivity index (χ0v) is 13.2. The smallest absolute Gasteiger partial charge is 0.254 e. The molecule has 1 aliphatic heterocycles. The van der Waals surface area contributed by atoms with Crippen molar-refractivity contribution in [3.05, 3.63) is 41.6 Å². The summed E-state index contributed by atoms with van der Waals surface area (Å²) in [6.07, 6.45) is 0. The number of fused-ring (bicyclic) bond motifs is 1. The van der Waals surface area contributed by atoms with Crippen molar-refractivity contribution < 1.29 is 9.90 Å². The molecule has 1 saturated heterocycles. The average molecular weight is 323 g/mol. The molecule has 0 unspecified atom stereocenters. The van der Waals surface area contributed by atoms with Crippen molar-refractivity contribution in [2.24, 2.45) is 5.73 Å². The monoisotopic (exact) mass is 323 g/mol. The number of likely N-dealkylation sites (tertiary alicyclic amines) is 1. The first-order valence-electron chi connectivity index (χ1n) is 7.73. The second-order valence-electron chi connectivity index (χ2n) is 6.12. The molecule has 0 radical (unpaired) electrons. The van der Waals surface area contributed by atoms with Crippen molar-refractivity contribution in [2.45, 2.75) is 13.0 Å². The van der Waals surface area contributed by atoms with E-state index < -0.39 is 0 Å². The van der Waals surface area contributed by atoms with Crippen molar-refractivity contribution in [1.29, 1.82) is 0 Å². The number of pyridine rings is 1. The average Bonchev–Trinajstić information content (AvgIpc) is 2.92. The topological polar surface area (TPSA) is 108 Å². The molecule has 3 aromatic rings. The van der Waals surface area contributed by atoms with Gasteiger partial charge in [-0.15, -0.1) is 0 Å². The molecule has 0 spiro atoms. The molecule has 4 rings (SSSR count). The normalized spacial score (nSPS) is 14.8. The Bertz CT molecular complexity index is 926. The number of carbonyl (C=O) groups excluding carboxylic acids is 1. The third kappa shape index (κ3) is 2.30. The fourth-order valence-corrected chi connectivity index (χ4v) is 2.97. The summed E-state index contributed by atoms with van der Waals surface area (Å²) in [5, 5.41) is 17.3. The van der Waals surface area contributed by atoms with E-state index in [-0.39, 0.29) is 17.7 Å². The van der Waals surface area contributed by atoms with Gasteiger partial charge in [-0.2, -0.15) is 5.10 Å². The Labute approximate surface area is 138 Å². The fourth-order valence-electron chi connectivity index (χ4n) is 2.97. The number of hydrogen-bond acceptors (Lipinski definition) is 5. The zero-order chi connectivity index (χ0) is 16.8. The number of aromatic nitrogens is 3. The van der Waals surface area contributed by atoms with Crippen LogP contribution in [-0.2, 0) is 0 Å². The van der Waals surface area contributed by atoms with Crippen LogP contribution >= 0.6 is 0 Å². The van der Waals surface area contributed by atoms with Crippen molar-refractivity contribution >= 4 is 16.9 Å². The van der Waals surface area contributed by atoms with E-state index in [0.717, 1.165) is 16.6 Å². The molecular weight excluding hydrogens is 306 g/mol. The lowest BCUT2D eigenvalue weighted by Crippen LogP contribution is -2.57. The summed E-state index contributed by atoms with van der Waals surface area (Å²) in [4.78, 5) is 19.1. The van der Waals surface area contributed by atoms with Crippen LogP contribution in [0.4, 0.5) is 0 Å². The Kier molecular flexibility index (Phi) is 3.24. The molecule has 2 aromatic heterocycles. The van der Waals surface area contributed by atoms with Crippen molar-refractivity contribution in [3.63, 3.8) is 0 Å². The predicted octanol–water partition coefficient (Wildman–Crippen LogP) is 1.42.